The standard InChI is InChI=1S/C18H22N6/c1-23-6-8-24(9-7-23)13-3-5-16-17(11-13)22-18(21-16)12-2-4-14(19)15(20)10-12/h2-5,10-11H,6-9,19-20H2,1H3,(H,21,22). The number of aromatic nitrogens is 2. The highest BCUT2D eigenvalue weighted by Gasteiger charge is 2.15. The molecule has 0 radical (unpaired) electrons. The molecule has 2 heterocycles. The van der Waals surface area contributed by atoms with E-state index in [1.165, 1.54) is 5.69 Å². The number of nitrogen functional groups attached to an aromatic ring is 2. The molecule has 0 spiro atoms. The minimum atomic E-state index is 0.575. The first-order chi connectivity index (χ1) is 11.6. The van der Waals surface area contributed by atoms with E-state index in [1.807, 2.05) is 18.2 Å². The highest BCUT2D eigenvalue weighted by molar-refractivity contribution is 5.84. The lowest BCUT2D eigenvalue weighted by atomic mass is 10.1. The van der Waals surface area contributed by atoms with E-state index in [0.29, 0.717) is 11.4 Å². The maximum absolute atomic E-state index is 5.91. The molecule has 0 amide bonds. The van der Waals surface area contributed by atoms with Crippen molar-refractivity contribution in [3.8, 4) is 11.4 Å². The smallest absolute Gasteiger partial charge is 0.138 e. The van der Waals surface area contributed by atoms with Crippen LogP contribution in [0.1, 0.15) is 0 Å². The van der Waals surface area contributed by atoms with Crippen LogP contribution in [0.2, 0.25) is 0 Å². The predicted octanol–water partition coefficient (Wildman–Crippen LogP) is 2.15. The fourth-order valence-electron chi connectivity index (χ4n) is 3.12. The summed E-state index contributed by atoms with van der Waals surface area (Å²) in [6, 6.07) is 12.0. The Bertz CT molecular complexity index is 876. The van der Waals surface area contributed by atoms with Crippen LogP contribution in [0.5, 0.6) is 0 Å². The Morgan fingerprint density at radius 2 is 1.75 bits per heavy atom. The fraction of sp³-hybridized carbons (Fsp3) is 0.278. The number of nitrogens with two attached hydrogens (primary N) is 2. The van der Waals surface area contributed by atoms with Gasteiger partial charge in [0.1, 0.15) is 5.82 Å². The molecule has 0 unspecified atom stereocenters. The fourth-order valence-corrected chi connectivity index (χ4v) is 3.12. The summed E-state index contributed by atoms with van der Waals surface area (Å²) < 4.78 is 0. The molecule has 5 N–H and O–H groups in total. The zero-order valence-electron chi connectivity index (χ0n) is 13.8. The van der Waals surface area contributed by atoms with Crippen molar-refractivity contribution in [1.82, 2.24) is 14.9 Å². The number of imidazole rings is 1. The molecule has 24 heavy (non-hydrogen) atoms. The second kappa shape index (κ2) is 5.72. The van der Waals surface area contributed by atoms with Crippen molar-refractivity contribution in [2.45, 2.75) is 0 Å². The predicted molar refractivity (Wildman–Crippen MR) is 100 cm³/mol. The SMILES string of the molecule is CN1CCN(c2ccc3nc(-c4ccc(N)c(N)c4)[nH]c3c2)CC1. The van der Waals surface area contributed by atoms with E-state index in [0.717, 1.165) is 48.6 Å². The van der Waals surface area contributed by atoms with Crippen LogP contribution in [0.4, 0.5) is 17.1 Å². The lowest BCUT2D eigenvalue weighted by molar-refractivity contribution is 0.313. The largest absolute Gasteiger partial charge is 0.397 e. The Hall–Kier alpha value is -2.73. The van der Waals surface area contributed by atoms with Crippen molar-refractivity contribution < 1.29 is 0 Å². The number of benzene rings is 2. The molecule has 4 rings (SSSR count). The van der Waals surface area contributed by atoms with E-state index in [-0.39, 0.29) is 0 Å². The van der Waals surface area contributed by atoms with Gasteiger partial charge in [0.2, 0.25) is 0 Å². The van der Waals surface area contributed by atoms with E-state index in [9.17, 15) is 0 Å². The van der Waals surface area contributed by atoms with Crippen LogP contribution < -0.4 is 16.4 Å². The Labute approximate surface area is 141 Å². The molecule has 3 aromatic rings. The van der Waals surface area contributed by atoms with Gasteiger partial charge in [0, 0.05) is 37.4 Å². The van der Waals surface area contributed by atoms with Gasteiger partial charge >= 0.3 is 0 Å². The average Bonchev–Trinajstić information content (AvgIpc) is 3.01. The number of likely N-dealkylation sites (N-methyl/N-ethyl adjacent to an activating group) is 1. The summed E-state index contributed by atoms with van der Waals surface area (Å²) in [5, 5.41) is 0. The van der Waals surface area contributed by atoms with Crippen LogP contribution in [-0.4, -0.2) is 48.1 Å². The molecule has 0 saturated carbocycles. The number of piperazine rings is 1. The maximum atomic E-state index is 5.91. The van der Waals surface area contributed by atoms with Crippen LogP contribution in [0.15, 0.2) is 36.4 Å². The first-order valence-corrected chi connectivity index (χ1v) is 8.19. The lowest BCUT2D eigenvalue weighted by Crippen LogP contribution is -2.44. The van der Waals surface area contributed by atoms with Crippen molar-refractivity contribution >= 4 is 28.1 Å². The van der Waals surface area contributed by atoms with Crippen molar-refractivity contribution in [3.63, 3.8) is 0 Å². The molecule has 124 valence electrons. The highest BCUT2D eigenvalue weighted by Crippen LogP contribution is 2.27. The maximum Gasteiger partial charge on any atom is 0.138 e. The number of H-pyrrole nitrogens is 1. The van der Waals surface area contributed by atoms with E-state index < -0.39 is 0 Å². The number of fused-ring (bicyclic) bond motifs is 1. The van der Waals surface area contributed by atoms with Gasteiger partial charge in [-0.2, -0.15) is 0 Å². The Morgan fingerprint density at radius 1 is 0.958 bits per heavy atom. The molecular weight excluding hydrogens is 300 g/mol. The van der Waals surface area contributed by atoms with E-state index >= 15 is 0 Å². The van der Waals surface area contributed by atoms with Crippen LogP contribution in [0, 0.1) is 0 Å². The third-order valence-electron chi connectivity index (χ3n) is 4.69. The summed E-state index contributed by atoms with van der Waals surface area (Å²) in [6.45, 7) is 4.29. The molecule has 1 fully saturated rings. The van der Waals surface area contributed by atoms with Gasteiger partial charge in [0.05, 0.1) is 22.4 Å². The summed E-state index contributed by atoms with van der Waals surface area (Å²) in [5.74, 6) is 0.812. The number of hydrogen-bond donors (Lipinski definition) is 3. The second-order valence-electron chi connectivity index (χ2n) is 6.42. The minimum Gasteiger partial charge on any atom is -0.397 e. The zero-order chi connectivity index (χ0) is 16.7. The number of rotatable bonds is 2. The zero-order valence-corrected chi connectivity index (χ0v) is 13.8. The van der Waals surface area contributed by atoms with Gasteiger partial charge in [0.25, 0.3) is 0 Å². The molecule has 1 aliphatic rings. The van der Waals surface area contributed by atoms with Gasteiger partial charge < -0.3 is 26.3 Å². The molecule has 1 aromatic heterocycles. The summed E-state index contributed by atoms with van der Waals surface area (Å²) in [5.41, 5.74) is 17.0. The number of hydrogen-bond acceptors (Lipinski definition) is 5. The third kappa shape index (κ3) is 2.65. The topological polar surface area (TPSA) is 87.2 Å². The number of nitrogens with zero attached hydrogens (tertiary/aromatic N) is 3. The van der Waals surface area contributed by atoms with Crippen LogP contribution in [0.25, 0.3) is 22.4 Å². The minimum absolute atomic E-state index is 0.575. The molecule has 1 aliphatic heterocycles. The van der Waals surface area contributed by atoms with Crippen molar-refractivity contribution in [3.05, 3.63) is 36.4 Å². The monoisotopic (exact) mass is 322 g/mol. The van der Waals surface area contributed by atoms with Crippen molar-refractivity contribution in [2.75, 3.05) is 49.6 Å². The molecule has 0 atom stereocenters. The second-order valence-corrected chi connectivity index (χ2v) is 6.42. The van der Waals surface area contributed by atoms with Gasteiger partial charge in [-0.15, -0.1) is 0 Å². The molecule has 0 bridgehead atoms. The van der Waals surface area contributed by atoms with Gasteiger partial charge in [-0.1, -0.05) is 0 Å². The highest BCUT2D eigenvalue weighted by atomic mass is 15.2. The van der Waals surface area contributed by atoms with Crippen molar-refractivity contribution in [1.29, 1.82) is 0 Å². The van der Waals surface area contributed by atoms with Gasteiger partial charge in [-0.25, -0.2) is 4.98 Å². The molecule has 2 aromatic carbocycles. The van der Waals surface area contributed by atoms with E-state index in [4.69, 9.17) is 11.5 Å². The molecule has 1 saturated heterocycles. The van der Waals surface area contributed by atoms with Crippen LogP contribution >= 0.6 is 0 Å². The average molecular weight is 322 g/mol. The van der Waals surface area contributed by atoms with Gasteiger partial charge in [0.15, 0.2) is 0 Å². The first-order valence-electron chi connectivity index (χ1n) is 8.19. The Kier molecular flexibility index (Phi) is 3.54. The Morgan fingerprint density at radius 3 is 2.50 bits per heavy atom. The van der Waals surface area contributed by atoms with Crippen LogP contribution in [0.3, 0.4) is 0 Å². The van der Waals surface area contributed by atoms with Gasteiger partial charge in [-0.05, 0) is 43.4 Å². The number of anilines is 3. The lowest BCUT2D eigenvalue weighted by Gasteiger charge is -2.34. The number of nitrogens with one attached hydrogen (secondary N) is 1. The Balaban J connectivity index is 1.67. The van der Waals surface area contributed by atoms with E-state index in [1.54, 1.807) is 0 Å². The molecule has 6 nitrogen and oxygen atoms in total. The number of aromatic amines is 1. The van der Waals surface area contributed by atoms with Crippen molar-refractivity contribution in [2.24, 2.45) is 0 Å². The first kappa shape index (κ1) is 14.8. The quantitative estimate of drug-likeness (QED) is 0.629. The third-order valence-corrected chi connectivity index (χ3v) is 4.69. The summed E-state index contributed by atoms with van der Waals surface area (Å²) in [6.07, 6.45) is 0. The summed E-state index contributed by atoms with van der Waals surface area (Å²) >= 11 is 0. The molecule has 0 aliphatic carbocycles. The normalized spacial score (nSPS) is 16.0. The molecular formula is C18H22N6. The van der Waals surface area contributed by atoms with E-state index in [2.05, 4.69) is 45.0 Å². The molecule has 6 heteroatoms. The van der Waals surface area contributed by atoms with Crippen LogP contribution in [-0.2, 0) is 0 Å². The summed E-state index contributed by atoms with van der Waals surface area (Å²) in [7, 11) is 2.17. The summed E-state index contributed by atoms with van der Waals surface area (Å²) in [4.78, 5) is 12.8. The van der Waals surface area contributed by atoms with Gasteiger partial charge in [-0.3, -0.25) is 0 Å².